The number of carbonyl (C=O) groups excluding carboxylic acids is 2. The smallest absolute Gasteiger partial charge is 0.333 e. The van der Waals surface area contributed by atoms with Gasteiger partial charge in [-0.25, -0.2) is 13.6 Å². The van der Waals surface area contributed by atoms with Crippen LogP contribution >= 0.6 is 0 Å². The second kappa shape index (κ2) is 5.53. The van der Waals surface area contributed by atoms with Crippen molar-refractivity contribution in [3.8, 4) is 0 Å². The normalized spacial score (nSPS) is 37.2. The average molecular weight is 342 g/mol. The summed E-state index contributed by atoms with van der Waals surface area (Å²) in [5.41, 5.74) is -1.13. The SMILES string of the molecule is C=C(C)C(=O)OC12CC3CC(C1)CC(C(=O)OCC(C)(F)F)(C3)C2. The highest BCUT2D eigenvalue weighted by Gasteiger charge is 2.63. The van der Waals surface area contributed by atoms with Gasteiger partial charge in [0.1, 0.15) is 5.60 Å². The quantitative estimate of drug-likeness (QED) is 0.565. The van der Waals surface area contributed by atoms with E-state index in [0.29, 0.717) is 24.8 Å². The summed E-state index contributed by atoms with van der Waals surface area (Å²) >= 11 is 0. The lowest BCUT2D eigenvalue weighted by molar-refractivity contribution is -0.213. The van der Waals surface area contributed by atoms with Crippen molar-refractivity contribution in [3.05, 3.63) is 12.2 Å². The molecule has 0 spiro atoms. The highest BCUT2D eigenvalue weighted by atomic mass is 19.3. The van der Waals surface area contributed by atoms with Crippen LogP contribution in [0.15, 0.2) is 12.2 Å². The highest BCUT2D eigenvalue weighted by Crippen LogP contribution is 2.63. The lowest BCUT2D eigenvalue weighted by Crippen LogP contribution is -2.60. The Hall–Kier alpha value is -1.46. The fraction of sp³-hybridized carbons (Fsp3) is 0.778. The first-order valence-corrected chi connectivity index (χ1v) is 8.47. The summed E-state index contributed by atoms with van der Waals surface area (Å²) in [6, 6.07) is 0. The molecule has 4 bridgehead atoms. The van der Waals surface area contributed by atoms with Crippen LogP contribution in [0.1, 0.15) is 52.4 Å². The van der Waals surface area contributed by atoms with Crippen molar-refractivity contribution in [2.45, 2.75) is 63.9 Å². The van der Waals surface area contributed by atoms with Crippen LogP contribution in [-0.2, 0) is 19.1 Å². The van der Waals surface area contributed by atoms with Gasteiger partial charge < -0.3 is 9.47 Å². The van der Waals surface area contributed by atoms with E-state index < -0.39 is 35.5 Å². The van der Waals surface area contributed by atoms with Crippen molar-refractivity contribution >= 4 is 11.9 Å². The maximum absolute atomic E-state index is 13.0. The molecule has 6 heteroatoms. The zero-order chi connectivity index (χ0) is 17.8. The number of hydrogen-bond donors (Lipinski definition) is 0. The van der Waals surface area contributed by atoms with Crippen molar-refractivity contribution in [1.29, 1.82) is 0 Å². The zero-order valence-electron chi connectivity index (χ0n) is 14.2. The van der Waals surface area contributed by atoms with Crippen LogP contribution in [-0.4, -0.2) is 30.1 Å². The first kappa shape index (κ1) is 17.4. The molecule has 4 rings (SSSR count). The van der Waals surface area contributed by atoms with E-state index >= 15 is 0 Å². The summed E-state index contributed by atoms with van der Waals surface area (Å²) in [4.78, 5) is 24.6. The fourth-order valence-corrected chi connectivity index (χ4v) is 5.17. The van der Waals surface area contributed by atoms with Crippen molar-refractivity contribution in [1.82, 2.24) is 0 Å². The number of esters is 2. The number of carbonyl (C=O) groups is 2. The lowest BCUT2D eigenvalue weighted by atomic mass is 9.48. The van der Waals surface area contributed by atoms with Crippen LogP contribution in [0.5, 0.6) is 0 Å². The van der Waals surface area contributed by atoms with Gasteiger partial charge in [0.25, 0.3) is 5.92 Å². The van der Waals surface area contributed by atoms with E-state index in [2.05, 4.69) is 6.58 Å². The predicted molar refractivity (Wildman–Crippen MR) is 82.3 cm³/mol. The zero-order valence-corrected chi connectivity index (χ0v) is 14.2. The summed E-state index contributed by atoms with van der Waals surface area (Å²) in [7, 11) is 0. The molecule has 2 unspecified atom stereocenters. The largest absolute Gasteiger partial charge is 0.459 e. The van der Waals surface area contributed by atoms with Crippen LogP contribution < -0.4 is 0 Å². The molecular weight excluding hydrogens is 318 g/mol. The monoisotopic (exact) mass is 342 g/mol. The van der Waals surface area contributed by atoms with Gasteiger partial charge >= 0.3 is 11.9 Å². The molecule has 0 heterocycles. The van der Waals surface area contributed by atoms with E-state index in [1.807, 2.05) is 0 Å². The predicted octanol–water partition coefficient (Wildman–Crippen LogP) is 3.64. The van der Waals surface area contributed by atoms with E-state index in [1.165, 1.54) is 0 Å². The molecule has 0 N–H and O–H groups in total. The van der Waals surface area contributed by atoms with Crippen LogP contribution in [0.4, 0.5) is 8.78 Å². The topological polar surface area (TPSA) is 52.6 Å². The van der Waals surface area contributed by atoms with Gasteiger partial charge in [-0.15, -0.1) is 0 Å². The Kier molecular flexibility index (Phi) is 4.00. The summed E-state index contributed by atoms with van der Waals surface area (Å²) in [5, 5.41) is 0. The number of ether oxygens (including phenoxy) is 2. The van der Waals surface area contributed by atoms with E-state index in [-0.39, 0.29) is 11.8 Å². The molecule has 24 heavy (non-hydrogen) atoms. The van der Waals surface area contributed by atoms with Crippen LogP contribution in [0.25, 0.3) is 0 Å². The minimum absolute atomic E-state index is 0.277. The third-order valence-corrected chi connectivity index (χ3v) is 5.55. The minimum atomic E-state index is -3.04. The molecule has 0 aromatic heterocycles. The van der Waals surface area contributed by atoms with Crippen molar-refractivity contribution in [2.75, 3.05) is 6.61 Å². The average Bonchev–Trinajstić information content (AvgIpc) is 2.41. The van der Waals surface area contributed by atoms with Gasteiger partial charge in [0.2, 0.25) is 0 Å². The fourth-order valence-electron chi connectivity index (χ4n) is 5.17. The Labute approximate surface area is 140 Å². The first-order chi connectivity index (χ1) is 11.0. The molecule has 0 aromatic rings. The lowest BCUT2D eigenvalue weighted by Gasteiger charge is -2.59. The molecule has 0 aromatic carbocycles. The molecule has 0 aliphatic heterocycles. The van der Waals surface area contributed by atoms with E-state index in [9.17, 15) is 18.4 Å². The number of halogens is 2. The Bertz CT molecular complexity index is 564. The van der Waals surface area contributed by atoms with Gasteiger partial charge in [-0.1, -0.05) is 6.58 Å². The van der Waals surface area contributed by atoms with Crippen molar-refractivity contribution in [3.63, 3.8) is 0 Å². The van der Waals surface area contributed by atoms with Crippen molar-refractivity contribution in [2.24, 2.45) is 17.3 Å². The van der Waals surface area contributed by atoms with Gasteiger partial charge in [-0.2, -0.15) is 0 Å². The summed E-state index contributed by atoms with van der Waals surface area (Å²) in [5.74, 6) is -3.49. The third-order valence-electron chi connectivity index (χ3n) is 5.55. The summed E-state index contributed by atoms with van der Waals surface area (Å²) in [6.07, 6.45) is 4.14. The van der Waals surface area contributed by atoms with Gasteiger partial charge in [0.05, 0.1) is 5.41 Å². The van der Waals surface area contributed by atoms with Crippen LogP contribution in [0.2, 0.25) is 0 Å². The maximum atomic E-state index is 13.0. The Morgan fingerprint density at radius 3 is 2.29 bits per heavy atom. The molecule has 0 saturated heterocycles. The third kappa shape index (κ3) is 3.20. The molecule has 4 aliphatic rings. The Balaban J connectivity index is 1.79. The Morgan fingerprint density at radius 2 is 1.79 bits per heavy atom. The van der Waals surface area contributed by atoms with Gasteiger partial charge in [-0.05, 0) is 50.9 Å². The highest BCUT2D eigenvalue weighted by molar-refractivity contribution is 5.87. The van der Waals surface area contributed by atoms with Crippen LogP contribution in [0, 0.1) is 17.3 Å². The summed E-state index contributed by atoms with van der Waals surface area (Å²) in [6.45, 7) is 5.04. The molecule has 0 amide bonds. The number of hydrogen-bond acceptors (Lipinski definition) is 4. The maximum Gasteiger partial charge on any atom is 0.333 e. The molecule has 4 nitrogen and oxygen atoms in total. The minimum Gasteiger partial charge on any atom is -0.459 e. The molecule has 2 atom stereocenters. The molecule has 4 aliphatic carbocycles. The van der Waals surface area contributed by atoms with Crippen molar-refractivity contribution < 1.29 is 27.8 Å². The van der Waals surface area contributed by atoms with E-state index in [4.69, 9.17) is 9.47 Å². The second-order valence-corrected chi connectivity index (χ2v) is 8.24. The van der Waals surface area contributed by atoms with E-state index in [1.54, 1.807) is 6.92 Å². The Morgan fingerprint density at radius 1 is 1.21 bits per heavy atom. The number of alkyl halides is 2. The van der Waals surface area contributed by atoms with Gasteiger partial charge in [0.15, 0.2) is 6.61 Å². The molecule has 4 saturated carbocycles. The second-order valence-electron chi connectivity index (χ2n) is 8.24. The summed E-state index contributed by atoms with van der Waals surface area (Å²) < 4.78 is 36.7. The number of rotatable bonds is 5. The molecule has 0 radical (unpaired) electrons. The van der Waals surface area contributed by atoms with E-state index in [0.717, 1.165) is 26.2 Å². The van der Waals surface area contributed by atoms with Gasteiger partial charge in [-0.3, -0.25) is 4.79 Å². The molecule has 134 valence electrons. The van der Waals surface area contributed by atoms with Crippen LogP contribution in [0.3, 0.4) is 0 Å². The molecular formula is C18H24F2O4. The molecule has 4 fully saturated rings. The standard InChI is InChI=1S/C18H24F2O4/c1-11(2)14(21)24-18-7-12-4-13(8-18)6-17(5-12,9-18)15(22)23-10-16(3,19)20/h12-13H,1,4-10H2,2-3H3. The van der Waals surface area contributed by atoms with Gasteiger partial charge in [0, 0.05) is 18.9 Å². The first-order valence-electron chi connectivity index (χ1n) is 8.47.